The van der Waals surface area contributed by atoms with Crippen LogP contribution in [0.15, 0.2) is 0 Å². The van der Waals surface area contributed by atoms with Crippen LogP contribution in [0.5, 0.6) is 0 Å². The van der Waals surface area contributed by atoms with Gasteiger partial charge in [-0.2, -0.15) is 0 Å². The Morgan fingerprint density at radius 1 is 1.38 bits per heavy atom. The second-order valence-electron chi connectivity index (χ2n) is 3.98. The predicted octanol–water partition coefficient (Wildman–Crippen LogP) is 1.74. The first kappa shape index (κ1) is 10.4. The third-order valence-electron chi connectivity index (χ3n) is 3.04. The van der Waals surface area contributed by atoms with Gasteiger partial charge in [0, 0.05) is 13.6 Å². The molecule has 0 aromatic rings. The zero-order valence-electron chi connectivity index (χ0n) is 8.60. The molecule has 0 aromatic heterocycles. The average Bonchev–Trinajstić information content (AvgIpc) is 2.16. The number of hydrogen-bond acceptors (Lipinski definition) is 1. The molecule has 0 bridgehead atoms. The van der Waals surface area contributed by atoms with E-state index in [4.69, 9.17) is 0 Å². The Balaban J connectivity index is 2.22. The molecule has 2 atom stereocenters. The molecule has 1 aliphatic rings. The van der Waals surface area contributed by atoms with Crippen molar-refractivity contribution in [1.29, 1.82) is 0 Å². The zero-order valence-corrected chi connectivity index (χ0v) is 8.60. The first-order chi connectivity index (χ1) is 6.24. The third-order valence-corrected chi connectivity index (χ3v) is 3.04. The van der Waals surface area contributed by atoms with Crippen molar-refractivity contribution in [2.24, 2.45) is 11.8 Å². The second-order valence-corrected chi connectivity index (χ2v) is 3.98. The quantitative estimate of drug-likeness (QED) is 0.674. The maximum atomic E-state index is 10.9. The van der Waals surface area contributed by atoms with Crippen molar-refractivity contribution < 1.29 is 4.79 Å². The highest BCUT2D eigenvalue weighted by Gasteiger charge is 2.21. The highest BCUT2D eigenvalue weighted by molar-refractivity contribution is 5.73. The SMILES string of the molecule is CNC(=O)NCC1CCCCC1C. The first-order valence-corrected chi connectivity index (χ1v) is 5.19. The van der Waals surface area contributed by atoms with Gasteiger partial charge < -0.3 is 10.6 Å². The summed E-state index contributed by atoms with van der Waals surface area (Å²) < 4.78 is 0. The van der Waals surface area contributed by atoms with Gasteiger partial charge in [-0.25, -0.2) is 4.79 Å². The number of urea groups is 1. The van der Waals surface area contributed by atoms with Crippen LogP contribution in [0.2, 0.25) is 0 Å². The van der Waals surface area contributed by atoms with Crippen molar-refractivity contribution in [1.82, 2.24) is 10.6 Å². The number of rotatable bonds is 2. The van der Waals surface area contributed by atoms with Crippen LogP contribution in [-0.2, 0) is 0 Å². The average molecular weight is 184 g/mol. The minimum absolute atomic E-state index is 0.0576. The number of hydrogen-bond donors (Lipinski definition) is 2. The fourth-order valence-electron chi connectivity index (χ4n) is 2.01. The molecule has 3 nitrogen and oxygen atoms in total. The van der Waals surface area contributed by atoms with E-state index in [2.05, 4.69) is 17.6 Å². The molecule has 0 saturated heterocycles. The molecule has 0 spiro atoms. The molecule has 1 rings (SSSR count). The van der Waals surface area contributed by atoms with Crippen molar-refractivity contribution in [2.75, 3.05) is 13.6 Å². The molecule has 2 unspecified atom stereocenters. The molecule has 2 amide bonds. The van der Waals surface area contributed by atoms with E-state index in [9.17, 15) is 4.79 Å². The van der Waals surface area contributed by atoms with Gasteiger partial charge >= 0.3 is 6.03 Å². The van der Waals surface area contributed by atoms with E-state index >= 15 is 0 Å². The number of carbonyl (C=O) groups is 1. The maximum absolute atomic E-state index is 10.9. The van der Waals surface area contributed by atoms with Crippen molar-refractivity contribution in [3.8, 4) is 0 Å². The van der Waals surface area contributed by atoms with Gasteiger partial charge in [0.25, 0.3) is 0 Å². The lowest BCUT2D eigenvalue weighted by Crippen LogP contribution is -2.38. The molecule has 0 aromatic carbocycles. The lowest BCUT2D eigenvalue weighted by Gasteiger charge is -2.28. The van der Waals surface area contributed by atoms with Gasteiger partial charge in [0.15, 0.2) is 0 Å². The molecule has 0 radical (unpaired) electrons. The number of amides is 2. The van der Waals surface area contributed by atoms with Crippen LogP contribution in [0.25, 0.3) is 0 Å². The molecular formula is C10H20N2O. The summed E-state index contributed by atoms with van der Waals surface area (Å²) in [5, 5.41) is 5.45. The summed E-state index contributed by atoms with van der Waals surface area (Å²) in [7, 11) is 1.65. The fraction of sp³-hybridized carbons (Fsp3) is 0.900. The van der Waals surface area contributed by atoms with Crippen molar-refractivity contribution in [3.05, 3.63) is 0 Å². The van der Waals surface area contributed by atoms with Crippen LogP contribution in [0.4, 0.5) is 4.79 Å². The molecule has 3 heteroatoms. The van der Waals surface area contributed by atoms with Crippen molar-refractivity contribution >= 4 is 6.03 Å². The summed E-state index contributed by atoms with van der Waals surface area (Å²) in [4.78, 5) is 10.9. The van der Waals surface area contributed by atoms with Crippen molar-refractivity contribution in [2.45, 2.75) is 32.6 Å². The Morgan fingerprint density at radius 2 is 2.08 bits per heavy atom. The van der Waals surface area contributed by atoms with Crippen molar-refractivity contribution in [3.63, 3.8) is 0 Å². The highest BCUT2D eigenvalue weighted by atomic mass is 16.2. The topological polar surface area (TPSA) is 41.1 Å². The minimum Gasteiger partial charge on any atom is -0.341 e. The smallest absolute Gasteiger partial charge is 0.314 e. The second kappa shape index (κ2) is 5.10. The summed E-state index contributed by atoms with van der Waals surface area (Å²) >= 11 is 0. The highest BCUT2D eigenvalue weighted by Crippen LogP contribution is 2.28. The number of nitrogens with one attached hydrogen (secondary N) is 2. The van der Waals surface area contributed by atoms with Gasteiger partial charge in [-0.15, -0.1) is 0 Å². The Morgan fingerprint density at radius 3 is 2.69 bits per heavy atom. The van der Waals surface area contributed by atoms with Crippen LogP contribution < -0.4 is 10.6 Å². The molecule has 76 valence electrons. The summed E-state index contributed by atoms with van der Waals surface area (Å²) in [6.07, 6.45) is 5.27. The molecule has 1 fully saturated rings. The van der Waals surface area contributed by atoms with Gasteiger partial charge in [-0.05, 0) is 18.3 Å². The van der Waals surface area contributed by atoms with Gasteiger partial charge in [0.05, 0.1) is 0 Å². The molecule has 1 saturated carbocycles. The Kier molecular flexibility index (Phi) is 4.06. The fourth-order valence-corrected chi connectivity index (χ4v) is 2.01. The van der Waals surface area contributed by atoms with Gasteiger partial charge in [0.2, 0.25) is 0 Å². The van der Waals surface area contributed by atoms with Crippen LogP contribution >= 0.6 is 0 Å². The Bertz CT molecular complexity index is 170. The van der Waals surface area contributed by atoms with Crippen LogP contribution in [0, 0.1) is 11.8 Å². The maximum Gasteiger partial charge on any atom is 0.314 e. The molecule has 2 N–H and O–H groups in total. The van der Waals surface area contributed by atoms with Gasteiger partial charge in [0.1, 0.15) is 0 Å². The predicted molar refractivity (Wildman–Crippen MR) is 53.6 cm³/mol. The van der Waals surface area contributed by atoms with E-state index in [-0.39, 0.29) is 6.03 Å². The molecular weight excluding hydrogens is 164 g/mol. The Labute approximate surface area is 80.3 Å². The Hall–Kier alpha value is -0.730. The summed E-state index contributed by atoms with van der Waals surface area (Å²) in [5.74, 6) is 1.46. The van der Waals surface area contributed by atoms with Crippen LogP contribution in [0.1, 0.15) is 32.6 Å². The lowest BCUT2D eigenvalue weighted by molar-refractivity contribution is 0.225. The molecule has 0 heterocycles. The van der Waals surface area contributed by atoms with Gasteiger partial charge in [-0.3, -0.25) is 0 Å². The monoisotopic (exact) mass is 184 g/mol. The van der Waals surface area contributed by atoms with Crippen LogP contribution in [-0.4, -0.2) is 19.6 Å². The van der Waals surface area contributed by atoms with E-state index in [1.165, 1.54) is 25.7 Å². The minimum atomic E-state index is -0.0576. The first-order valence-electron chi connectivity index (χ1n) is 5.19. The van der Waals surface area contributed by atoms with E-state index in [1.54, 1.807) is 7.05 Å². The number of carbonyl (C=O) groups excluding carboxylic acids is 1. The summed E-state index contributed by atoms with van der Waals surface area (Å²) in [6.45, 7) is 3.12. The van der Waals surface area contributed by atoms with E-state index in [0.717, 1.165) is 12.5 Å². The standard InChI is InChI=1S/C10H20N2O/c1-8-5-3-4-6-9(8)7-12-10(13)11-2/h8-9H,3-7H2,1-2H3,(H2,11,12,13). The largest absolute Gasteiger partial charge is 0.341 e. The van der Waals surface area contributed by atoms with E-state index < -0.39 is 0 Å². The summed E-state index contributed by atoms with van der Waals surface area (Å²) in [5.41, 5.74) is 0. The molecule has 1 aliphatic carbocycles. The van der Waals surface area contributed by atoms with Crippen LogP contribution in [0.3, 0.4) is 0 Å². The van der Waals surface area contributed by atoms with E-state index in [1.807, 2.05) is 0 Å². The molecule has 0 aliphatic heterocycles. The van der Waals surface area contributed by atoms with E-state index in [0.29, 0.717) is 5.92 Å². The molecule has 13 heavy (non-hydrogen) atoms. The normalized spacial score (nSPS) is 28.2. The summed E-state index contributed by atoms with van der Waals surface area (Å²) in [6, 6.07) is -0.0576. The third kappa shape index (κ3) is 3.25. The van der Waals surface area contributed by atoms with Gasteiger partial charge in [-0.1, -0.05) is 26.2 Å². The zero-order chi connectivity index (χ0) is 9.68. The lowest BCUT2D eigenvalue weighted by atomic mass is 9.80.